The molecular weight excluding hydrogens is 278 g/mol. The number of nitrogens with two attached hydrogens (primary N) is 1. The summed E-state index contributed by atoms with van der Waals surface area (Å²) in [5.74, 6) is 0.647. The van der Waals surface area contributed by atoms with E-state index in [1.165, 1.54) is 10.1 Å². The summed E-state index contributed by atoms with van der Waals surface area (Å²) < 4.78 is 3.04. The smallest absolute Gasteiger partial charge is 0.127 e. The number of nitrogens with zero attached hydrogens (tertiary/aromatic N) is 2. The van der Waals surface area contributed by atoms with Crippen molar-refractivity contribution in [3.05, 3.63) is 66.7 Å². The second-order valence-corrected chi connectivity index (χ2v) is 5.93. The molecular formula is C17H13N3S. The molecule has 0 aliphatic rings. The van der Waals surface area contributed by atoms with Crippen LogP contribution in [0.25, 0.3) is 26.3 Å². The molecule has 0 amide bonds. The average Bonchev–Trinajstić information content (AvgIpc) is 3.11. The van der Waals surface area contributed by atoms with Crippen LogP contribution in [0.3, 0.4) is 0 Å². The Morgan fingerprint density at radius 3 is 2.48 bits per heavy atom. The summed E-state index contributed by atoms with van der Waals surface area (Å²) >= 11 is 1.74. The van der Waals surface area contributed by atoms with E-state index in [0.717, 1.165) is 16.3 Å². The predicted octanol–water partition coefficient (Wildman–Crippen LogP) is 4.34. The topological polar surface area (TPSA) is 43.8 Å². The Labute approximate surface area is 126 Å². The molecule has 0 saturated carbocycles. The third-order valence-electron chi connectivity index (χ3n) is 3.42. The highest BCUT2D eigenvalue weighted by molar-refractivity contribution is 7.22. The summed E-state index contributed by atoms with van der Waals surface area (Å²) in [4.78, 5) is 1.14. The largest absolute Gasteiger partial charge is 0.384 e. The molecule has 21 heavy (non-hydrogen) atoms. The molecule has 0 radical (unpaired) electrons. The van der Waals surface area contributed by atoms with Gasteiger partial charge in [-0.25, -0.2) is 4.68 Å². The zero-order valence-electron chi connectivity index (χ0n) is 11.2. The Morgan fingerprint density at radius 1 is 0.905 bits per heavy atom. The van der Waals surface area contributed by atoms with E-state index in [0.29, 0.717) is 5.82 Å². The lowest BCUT2D eigenvalue weighted by molar-refractivity contribution is 0.896. The number of nitrogen functional groups attached to an aromatic ring is 1. The number of benzene rings is 2. The van der Waals surface area contributed by atoms with E-state index >= 15 is 0 Å². The number of anilines is 1. The van der Waals surface area contributed by atoms with Crippen LogP contribution in [0.1, 0.15) is 0 Å². The Hall–Kier alpha value is -2.59. The van der Waals surface area contributed by atoms with Crippen LogP contribution in [-0.2, 0) is 0 Å². The van der Waals surface area contributed by atoms with Crippen molar-refractivity contribution in [2.45, 2.75) is 0 Å². The molecule has 102 valence electrons. The first kappa shape index (κ1) is 12.2. The Balaban J connectivity index is 1.83. The Bertz CT molecular complexity index is 873. The first-order chi connectivity index (χ1) is 10.3. The SMILES string of the molecule is Nc1cc(-c2cc3ccccc3s2)nn1-c1ccccc1. The highest BCUT2D eigenvalue weighted by Gasteiger charge is 2.11. The Kier molecular flexibility index (Phi) is 2.75. The lowest BCUT2D eigenvalue weighted by Crippen LogP contribution is -2.00. The minimum Gasteiger partial charge on any atom is -0.384 e. The third-order valence-corrected chi connectivity index (χ3v) is 4.55. The van der Waals surface area contributed by atoms with Gasteiger partial charge in [0.05, 0.1) is 10.6 Å². The number of fused-ring (bicyclic) bond motifs is 1. The number of para-hydroxylation sites is 1. The first-order valence-corrected chi connectivity index (χ1v) is 7.53. The van der Waals surface area contributed by atoms with E-state index in [4.69, 9.17) is 5.73 Å². The summed E-state index contributed by atoms with van der Waals surface area (Å²) in [5, 5.41) is 5.89. The number of aromatic nitrogens is 2. The lowest BCUT2D eigenvalue weighted by Gasteiger charge is -2.02. The van der Waals surface area contributed by atoms with Gasteiger partial charge >= 0.3 is 0 Å². The second-order valence-electron chi connectivity index (χ2n) is 4.85. The minimum atomic E-state index is 0.647. The highest BCUT2D eigenvalue weighted by atomic mass is 32.1. The maximum absolute atomic E-state index is 6.11. The summed E-state index contributed by atoms with van der Waals surface area (Å²) in [7, 11) is 0. The fourth-order valence-electron chi connectivity index (χ4n) is 2.40. The molecule has 0 aliphatic heterocycles. The molecule has 0 bridgehead atoms. The molecule has 4 aromatic rings. The number of hydrogen-bond acceptors (Lipinski definition) is 3. The van der Waals surface area contributed by atoms with Gasteiger partial charge in [0.1, 0.15) is 11.5 Å². The molecule has 0 atom stereocenters. The number of hydrogen-bond donors (Lipinski definition) is 1. The molecule has 0 spiro atoms. The predicted molar refractivity (Wildman–Crippen MR) is 88.8 cm³/mol. The summed E-state index contributed by atoms with van der Waals surface area (Å²) in [6.07, 6.45) is 0. The van der Waals surface area contributed by atoms with Gasteiger partial charge in [0, 0.05) is 10.8 Å². The molecule has 3 nitrogen and oxygen atoms in total. The van der Waals surface area contributed by atoms with Crippen molar-refractivity contribution in [1.82, 2.24) is 9.78 Å². The number of rotatable bonds is 2. The van der Waals surface area contributed by atoms with E-state index in [1.54, 1.807) is 16.0 Å². The van der Waals surface area contributed by atoms with Gasteiger partial charge in [-0.3, -0.25) is 0 Å². The maximum Gasteiger partial charge on any atom is 0.127 e. The van der Waals surface area contributed by atoms with Crippen molar-refractivity contribution in [2.24, 2.45) is 0 Å². The van der Waals surface area contributed by atoms with E-state index in [2.05, 4.69) is 35.4 Å². The molecule has 2 aromatic heterocycles. The van der Waals surface area contributed by atoms with Crippen LogP contribution in [0.2, 0.25) is 0 Å². The van der Waals surface area contributed by atoms with E-state index in [-0.39, 0.29) is 0 Å². The normalized spacial score (nSPS) is 11.0. The van der Waals surface area contributed by atoms with E-state index in [1.807, 2.05) is 36.4 Å². The number of thiophene rings is 1. The van der Waals surface area contributed by atoms with Crippen molar-refractivity contribution in [2.75, 3.05) is 5.73 Å². The molecule has 4 heteroatoms. The molecule has 0 saturated heterocycles. The van der Waals surface area contributed by atoms with Gasteiger partial charge in [-0.1, -0.05) is 36.4 Å². The highest BCUT2D eigenvalue weighted by Crippen LogP contribution is 2.33. The summed E-state index contributed by atoms with van der Waals surface area (Å²) in [6.45, 7) is 0. The fraction of sp³-hybridized carbons (Fsp3) is 0. The van der Waals surface area contributed by atoms with Gasteiger partial charge in [-0.05, 0) is 29.7 Å². The van der Waals surface area contributed by atoms with Crippen molar-refractivity contribution in [1.29, 1.82) is 0 Å². The molecule has 0 fully saturated rings. The minimum absolute atomic E-state index is 0.647. The van der Waals surface area contributed by atoms with Gasteiger partial charge in [0.15, 0.2) is 0 Å². The van der Waals surface area contributed by atoms with Crippen LogP contribution in [0.15, 0.2) is 66.7 Å². The van der Waals surface area contributed by atoms with Crippen LogP contribution in [0, 0.1) is 0 Å². The van der Waals surface area contributed by atoms with Crippen molar-refractivity contribution in [3.8, 4) is 16.3 Å². The van der Waals surface area contributed by atoms with Gasteiger partial charge in [-0.2, -0.15) is 5.10 Å². The zero-order valence-corrected chi connectivity index (χ0v) is 12.0. The average molecular weight is 291 g/mol. The third kappa shape index (κ3) is 2.10. The maximum atomic E-state index is 6.11. The van der Waals surface area contributed by atoms with Crippen molar-refractivity contribution >= 4 is 27.2 Å². The standard InChI is InChI=1S/C17H13N3S/c18-17-11-14(19-20(17)13-7-2-1-3-8-13)16-10-12-6-4-5-9-15(12)21-16/h1-11H,18H2. The van der Waals surface area contributed by atoms with Crippen LogP contribution in [0.5, 0.6) is 0 Å². The quantitative estimate of drug-likeness (QED) is 0.597. The van der Waals surface area contributed by atoms with Crippen molar-refractivity contribution < 1.29 is 0 Å². The molecule has 2 heterocycles. The van der Waals surface area contributed by atoms with E-state index in [9.17, 15) is 0 Å². The van der Waals surface area contributed by atoms with Gasteiger partial charge in [-0.15, -0.1) is 11.3 Å². The lowest BCUT2D eigenvalue weighted by atomic mass is 10.2. The van der Waals surface area contributed by atoms with Gasteiger partial charge < -0.3 is 5.73 Å². The van der Waals surface area contributed by atoms with Gasteiger partial charge in [0.2, 0.25) is 0 Å². The second kappa shape index (κ2) is 4.75. The van der Waals surface area contributed by atoms with Crippen LogP contribution < -0.4 is 5.73 Å². The van der Waals surface area contributed by atoms with Crippen LogP contribution in [-0.4, -0.2) is 9.78 Å². The molecule has 0 aliphatic carbocycles. The summed E-state index contributed by atoms with van der Waals surface area (Å²) in [6, 6.07) is 22.4. The summed E-state index contributed by atoms with van der Waals surface area (Å²) in [5.41, 5.74) is 8.00. The first-order valence-electron chi connectivity index (χ1n) is 6.71. The molecule has 4 rings (SSSR count). The van der Waals surface area contributed by atoms with E-state index < -0.39 is 0 Å². The monoisotopic (exact) mass is 291 g/mol. The van der Waals surface area contributed by atoms with Crippen LogP contribution in [0.4, 0.5) is 5.82 Å². The molecule has 2 N–H and O–H groups in total. The van der Waals surface area contributed by atoms with Gasteiger partial charge in [0.25, 0.3) is 0 Å². The van der Waals surface area contributed by atoms with Crippen LogP contribution >= 0.6 is 11.3 Å². The molecule has 0 unspecified atom stereocenters. The fourth-order valence-corrected chi connectivity index (χ4v) is 3.42. The molecule has 2 aromatic carbocycles. The zero-order chi connectivity index (χ0) is 14.2. The Morgan fingerprint density at radius 2 is 1.67 bits per heavy atom. The van der Waals surface area contributed by atoms with Crippen molar-refractivity contribution in [3.63, 3.8) is 0 Å².